The maximum absolute atomic E-state index is 11.2. The van der Waals surface area contributed by atoms with E-state index in [1.165, 1.54) is 6.42 Å². The second-order valence-electron chi connectivity index (χ2n) is 3.64. The van der Waals surface area contributed by atoms with Crippen LogP contribution in [-0.2, 0) is 11.3 Å². The van der Waals surface area contributed by atoms with Crippen molar-refractivity contribution >= 4 is 0 Å². The number of H-pyrrole nitrogens is 1. The Balaban J connectivity index is 2.24. The van der Waals surface area contributed by atoms with Gasteiger partial charge in [-0.1, -0.05) is 0 Å². The Hall–Kier alpha value is -1.03. The van der Waals surface area contributed by atoms with Gasteiger partial charge in [0.05, 0.1) is 11.8 Å². The third-order valence-corrected chi connectivity index (χ3v) is 2.66. The monoisotopic (exact) mass is 196 g/mol. The summed E-state index contributed by atoms with van der Waals surface area (Å²) in [5.74, 6) is 0. The molecule has 1 fully saturated rings. The van der Waals surface area contributed by atoms with Gasteiger partial charge in [0.15, 0.2) is 0 Å². The number of aromatic nitrogens is 2. The van der Waals surface area contributed by atoms with E-state index in [9.17, 15) is 4.79 Å². The van der Waals surface area contributed by atoms with Crippen LogP contribution < -0.4 is 5.56 Å². The largest absolute Gasteiger partial charge is 0.372 e. The SMILES string of the molecule is CCn1[nH]c(=O)cc1C1CCCCO1. The number of aryl methyl sites for hydroxylation is 1. The van der Waals surface area contributed by atoms with Crippen LogP contribution in [0.3, 0.4) is 0 Å². The highest BCUT2D eigenvalue weighted by atomic mass is 16.5. The predicted octanol–water partition coefficient (Wildman–Crippen LogP) is 1.44. The zero-order valence-electron chi connectivity index (χ0n) is 8.45. The number of nitrogens with one attached hydrogen (secondary N) is 1. The molecule has 0 aliphatic carbocycles. The summed E-state index contributed by atoms with van der Waals surface area (Å²) < 4.78 is 7.51. The lowest BCUT2D eigenvalue weighted by molar-refractivity contribution is 0.00957. The number of hydrogen-bond acceptors (Lipinski definition) is 2. The molecule has 4 nitrogen and oxygen atoms in total. The summed E-state index contributed by atoms with van der Waals surface area (Å²) >= 11 is 0. The first-order valence-electron chi connectivity index (χ1n) is 5.22. The fourth-order valence-corrected chi connectivity index (χ4v) is 1.94. The molecule has 4 heteroatoms. The zero-order valence-corrected chi connectivity index (χ0v) is 8.45. The van der Waals surface area contributed by atoms with Crippen molar-refractivity contribution in [3.05, 3.63) is 22.1 Å². The molecule has 0 radical (unpaired) electrons. The van der Waals surface area contributed by atoms with Gasteiger partial charge in [-0.15, -0.1) is 0 Å². The summed E-state index contributed by atoms with van der Waals surface area (Å²) in [5.41, 5.74) is 0.966. The van der Waals surface area contributed by atoms with Crippen molar-refractivity contribution in [2.45, 2.75) is 38.8 Å². The molecule has 1 atom stereocenters. The first-order valence-corrected chi connectivity index (χ1v) is 5.22. The van der Waals surface area contributed by atoms with E-state index in [-0.39, 0.29) is 11.7 Å². The second kappa shape index (κ2) is 4.00. The lowest BCUT2D eigenvalue weighted by Gasteiger charge is -2.23. The molecule has 1 unspecified atom stereocenters. The lowest BCUT2D eigenvalue weighted by atomic mass is 10.1. The van der Waals surface area contributed by atoms with E-state index in [0.29, 0.717) is 0 Å². The molecule has 2 heterocycles. The Morgan fingerprint density at radius 1 is 1.64 bits per heavy atom. The van der Waals surface area contributed by atoms with Crippen molar-refractivity contribution in [2.75, 3.05) is 6.61 Å². The number of nitrogens with zero attached hydrogens (tertiary/aromatic N) is 1. The Morgan fingerprint density at radius 2 is 2.50 bits per heavy atom. The minimum atomic E-state index is -0.0315. The topological polar surface area (TPSA) is 47.0 Å². The van der Waals surface area contributed by atoms with E-state index in [0.717, 1.165) is 31.7 Å². The molecule has 1 aromatic rings. The molecule has 1 saturated heterocycles. The average Bonchev–Trinajstić information content (AvgIpc) is 2.61. The van der Waals surface area contributed by atoms with E-state index in [4.69, 9.17) is 4.74 Å². The Bertz CT molecular complexity index is 347. The number of rotatable bonds is 2. The van der Waals surface area contributed by atoms with Gasteiger partial charge in [0, 0.05) is 19.2 Å². The van der Waals surface area contributed by atoms with Crippen molar-refractivity contribution in [1.82, 2.24) is 9.78 Å². The fraction of sp³-hybridized carbons (Fsp3) is 0.700. The summed E-state index contributed by atoms with van der Waals surface area (Å²) in [6.07, 6.45) is 3.46. The normalized spacial score (nSPS) is 22.5. The number of ether oxygens (including phenoxy) is 1. The van der Waals surface area contributed by atoms with Crippen LogP contribution in [0.25, 0.3) is 0 Å². The Labute approximate surface area is 82.9 Å². The van der Waals surface area contributed by atoms with Crippen LogP contribution in [0.5, 0.6) is 0 Å². The van der Waals surface area contributed by atoms with E-state index in [1.54, 1.807) is 6.07 Å². The van der Waals surface area contributed by atoms with Crippen molar-refractivity contribution in [3.63, 3.8) is 0 Å². The predicted molar refractivity (Wildman–Crippen MR) is 53.3 cm³/mol. The van der Waals surface area contributed by atoms with Gasteiger partial charge >= 0.3 is 0 Å². The molecule has 1 aliphatic rings. The third kappa shape index (κ3) is 1.75. The summed E-state index contributed by atoms with van der Waals surface area (Å²) in [5, 5.41) is 2.77. The quantitative estimate of drug-likeness (QED) is 0.778. The van der Waals surface area contributed by atoms with E-state index in [2.05, 4.69) is 5.10 Å². The van der Waals surface area contributed by atoms with Gasteiger partial charge in [-0.2, -0.15) is 0 Å². The molecule has 1 N–H and O–H groups in total. The standard InChI is InChI=1S/C10H16N2O2/c1-2-12-8(7-10(13)11-12)9-5-3-4-6-14-9/h7,9H,2-6H2,1H3,(H,11,13). The van der Waals surface area contributed by atoms with Gasteiger partial charge in [-0.25, -0.2) is 0 Å². The van der Waals surface area contributed by atoms with Crippen molar-refractivity contribution in [3.8, 4) is 0 Å². The Kier molecular flexibility index (Phi) is 2.72. The summed E-state index contributed by atoms with van der Waals surface area (Å²) in [7, 11) is 0. The van der Waals surface area contributed by atoms with Crippen molar-refractivity contribution in [1.29, 1.82) is 0 Å². The zero-order chi connectivity index (χ0) is 9.97. The van der Waals surface area contributed by atoms with Crippen LogP contribution in [0.2, 0.25) is 0 Å². The molecule has 2 rings (SSSR count). The third-order valence-electron chi connectivity index (χ3n) is 2.66. The number of hydrogen-bond donors (Lipinski definition) is 1. The van der Waals surface area contributed by atoms with Crippen LogP contribution in [0.1, 0.15) is 38.0 Å². The van der Waals surface area contributed by atoms with Crippen LogP contribution in [0.4, 0.5) is 0 Å². The van der Waals surface area contributed by atoms with Gasteiger partial charge in [0.1, 0.15) is 0 Å². The maximum atomic E-state index is 11.2. The highest BCUT2D eigenvalue weighted by Crippen LogP contribution is 2.26. The highest BCUT2D eigenvalue weighted by Gasteiger charge is 2.19. The molecular formula is C10H16N2O2. The maximum Gasteiger partial charge on any atom is 0.264 e. The highest BCUT2D eigenvalue weighted by molar-refractivity contribution is 5.05. The Morgan fingerprint density at radius 3 is 3.14 bits per heavy atom. The molecule has 14 heavy (non-hydrogen) atoms. The van der Waals surface area contributed by atoms with Crippen LogP contribution in [-0.4, -0.2) is 16.4 Å². The van der Waals surface area contributed by atoms with Crippen LogP contribution in [0, 0.1) is 0 Å². The van der Waals surface area contributed by atoms with Crippen LogP contribution in [0.15, 0.2) is 10.9 Å². The summed E-state index contributed by atoms with van der Waals surface area (Å²) in [4.78, 5) is 11.2. The molecule has 0 bridgehead atoms. The first-order chi connectivity index (χ1) is 6.81. The smallest absolute Gasteiger partial charge is 0.264 e. The lowest BCUT2D eigenvalue weighted by Crippen LogP contribution is -2.15. The fourth-order valence-electron chi connectivity index (χ4n) is 1.94. The summed E-state index contributed by atoms with van der Waals surface area (Å²) in [6, 6.07) is 1.65. The van der Waals surface area contributed by atoms with Crippen molar-refractivity contribution in [2.24, 2.45) is 0 Å². The van der Waals surface area contributed by atoms with Gasteiger partial charge in [0.25, 0.3) is 5.56 Å². The van der Waals surface area contributed by atoms with Gasteiger partial charge in [-0.05, 0) is 26.2 Å². The molecule has 78 valence electrons. The van der Waals surface area contributed by atoms with Crippen LogP contribution >= 0.6 is 0 Å². The van der Waals surface area contributed by atoms with Gasteiger partial charge < -0.3 is 4.74 Å². The van der Waals surface area contributed by atoms with Gasteiger partial charge in [0.2, 0.25) is 0 Å². The molecule has 1 aromatic heterocycles. The number of aromatic amines is 1. The molecule has 0 spiro atoms. The van der Waals surface area contributed by atoms with E-state index < -0.39 is 0 Å². The first kappa shape index (κ1) is 9.52. The average molecular weight is 196 g/mol. The van der Waals surface area contributed by atoms with E-state index in [1.807, 2.05) is 11.6 Å². The molecule has 0 saturated carbocycles. The van der Waals surface area contributed by atoms with Gasteiger partial charge in [-0.3, -0.25) is 14.6 Å². The molecular weight excluding hydrogens is 180 g/mol. The minimum Gasteiger partial charge on any atom is -0.372 e. The molecule has 0 amide bonds. The van der Waals surface area contributed by atoms with E-state index >= 15 is 0 Å². The molecule has 0 aromatic carbocycles. The minimum absolute atomic E-state index is 0.0315. The van der Waals surface area contributed by atoms with Crippen molar-refractivity contribution < 1.29 is 4.74 Å². The summed E-state index contributed by atoms with van der Waals surface area (Å²) in [6.45, 7) is 3.62. The molecule has 1 aliphatic heterocycles. The second-order valence-corrected chi connectivity index (χ2v) is 3.64.